The molecule has 0 fully saturated rings. The van der Waals surface area contributed by atoms with Crippen LogP contribution < -0.4 is 4.74 Å². The van der Waals surface area contributed by atoms with Crippen LogP contribution in [0.5, 0.6) is 5.75 Å². The number of fused-ring (bicyclic) bond motifs is 1. The maximum Gasteiger partial charge on any atom is 0.119 e. The van der Waals surface area contributed by atoms with Crippen molar-refractivity contribution in [2.45, 2.75) is 6.42 Å². The Labute approximate surface area is 106 Å². The summed E-state index contributed by atoms with van der Waals surface area (Å²) in [6, 6.07) is 18.3. The third kappa shape index (κ3) is 2.23. The normalized spacial score (nSPS) is 10.7. The van der Waals surface area contributed by atoms with E-state index < -0.39 is 0 Å². The Morgan fingerprint density at radius 3 is 2.56 bits per heavy atom. The van der Waals surface area contributed by atoms with Crippen molar-refractivity contribution in [3.63, 3.8) is 0 Å². The van der Waals surface area contributed by atoms with E-state index in [1.807, 2.05) is 36.4 Å². The number of nitrogens with one attached hydrogen (secondary N) is 1. The number of aromatic amines is 1. The third-order valence-corrected chi connectivity index (χ3v) is 3.06. The average Bonchev–Trinajstić information content (AvgIpc) is 2.84. The molecule has 0 aliphatic heterocycles. The summed E-state index contributed by atoms with van der Waals surface area (Å²) in [6.45, 7) is 0.700. The summed E-state index contributed by atoms with van der Waals surface area (Å²) >= 11 is 0. The van der Waals surface area contributed by atoms with Crippen LogP contribution in [0.1, 0.15) is 5.56 Å². The van der Waals surface area contributed by atoms with E-state index in [9.17, 15) is 0 Å². The molecule has 0 unspecified atom stereocenters. The molecule has 0 amide bonds. The van der Waals surface area contributed by atoms with Gasteiger partial charge < -0.3 is 9.72 Å². The number of H-pyrrole nitrogens is 1. The molecule has 0 atom stereocenters. The van der Waals surface area contributed by atoms with E-state index >= 15 is 0 Å². The van der Waals surface area contributed by atoms with Crippen LogP contribution >= 0.6 is 0 Å². The topological polar surface area (TPSA) is 25.0 Å². The summed E-state index contributed by atoms with van der Waals surface area (Å²) in [6.07, 6.45) is 2.98. The van der Waals surface area contributed by atoms with Crippen molar-refractivity contribution in [3.8, 4) is 5.75 Å². The summed E-state index contributed by atoms with van der Waals surface area (Å²) in [5.74, 6) is 0.928. The van der Waals surface area contributed by atoms with E-state index in [4.69, 9.17) is 4.74 Å². The van der Waals surface area contributed by atoms with Crippen LogP contribution in [0.3, 0.4) is 0 Å². The summed E-state index contributed by atoms with van der Waals surface area (Å²) in [4.78, 5) is 3.28. The van der Waals surface area contributed by atoms with Gasteiger partial charge in [0.25, 0.3) is 0 Å². The van der Waals surface area contributed by atoms with Crippen LogP contribution in [0.15, 0.2) is 60.8 Å². The molecule has 0 bridgehead atoms. The molecular formula is C16H15NO. The van der Waals surface area contributed by atoms with E-state index in [0.717, 1.165) is 12.2 Å². The molecule has 0 spiro atoms. The molecule has 90 valence electrons. The zero-order valence-corrected chi connectivity index (χ0v) is 10.1. The molecule has 1 heterocycles. The summed E-state index contributed by atoms with van der Waals surface area (Å²) < 4.78 is 5.71. The quantitative estimate of drug-likeness (QED) is 0.733. The van der Waals surface area contributed by atoms with Gasteiger partial charge in [-0.25, -0.2) is 0 Å². The van der Waals surface area contributed by atoms with Gasteiger partial charge in [0, 0.05) is 23.5 Å². The molecule has 0 saturated heterocycles. The molecule has 0 aliphatic carbocycles. The van der Waals surface area contributed by atoms with Gasteiger partial charge in [0.2, 0.25) is 0 Å². The van der Waals surface area contributed by atoms with Crippen molar-refractivity contribution >= 4 is 10.9 Å². The number of rotatable bonds is 4. The second kappa shape index (κ2) is 4.96. The molecule has 0 saturated carbocycles. The largest absolute Gasteiger partial charge is 0.493 e. The van der Waals surface area contributed by atoms with E-state index in [1.165, 1.54) is 16.5 Å². The van der Waals surface area contributed by atoms with Crippen molar-refractivity contribution in [2.24, 2.45) is 0 Å². The van der Waals surface area contributed by atoms with Crippen LogP contribution in [-0.2, 0) is 6.42 Å². The van der Waals surface area contributed by atoms with Gasteiger partial charge in [-0.15, -0.1) is 0 Å². The molecule has 18 heavy (non-hydrogen) atoms. The van der Waals surface area contributed by atoms with Crippen LogP contribution in [0, 0.1) is 0 Å². The Bertz CT molecular complexity index is 628. The predicted molar refractivity (Wildman–Crippen MR) is 73.9 cm³/mol. The zero-order valence-electron chi connectivity index (χ0n) is 10.1. The predicted octanol–water partition coefficient (Wildman–Crippen LogP) is 3.79. The maximum absolute atomic E-state index is 5.71. The van der Waals surface area contributed by atoms with Gasteiger partial charge in [-0.2, -0.15) is 0 Å². The fourth-order valence-corrected chi connectivity index (χ4v) is 2.13. The van der Waals surface area contributed by atoms with E-state index in [0.29, 0.717) is 6.61 Å². The van der Waals surface area contributed by atoms with Crippen molar-refractivity contribution in [1.82, 2.24) is 4.98 Å². The third-order valence-electron chi connectivity index (χ3n) is 3.06. The standard InChI is InChI=1S/C16H15NO/c1-2-6-14(7-3-1)18-11-10-13-12-17-16-9-5-4-8-15(13)16/h1-9,12,17H,10-11H2. The highest BCUT2D eigenvalue weighted by Crippen LogP contribution is 2.18. The number of benzene rings is 2. The van der Waals surface area contributed by atoms with Crippen molar-refractivity contribution in [3.05, 3.63) is 66.4 Å². The molecule has 2 heteroatoms. The second-order valence-electron chi connectivity index (χ2n) is 4.27. The van der Waals surface area contributed by atoms with Gasteiger partial charge in [0.05, 0.1) is 6.61 Å². The van der Waals surface area contributed by atoms with E-state index in [-0.39, 0.29) is 0 Å². The lowest BCUT2D eigenvalue weighted by Gasteiger charge is -2.05. The van der Waals surface area contributed by atoms with Crippen LogP contribution in [0.2, 0.25) is 0 Å². The summed E-state index contributed by atoms with van der Waals surface area (Å²) in [7, 11) is 0. The fourth-order valence-electron chi connectivity index (χ4n) is 2.13. The van der Waals surface area contributed by atoms with Crippen LogP contribution in [0.4, 0.5) is 0 Å². The molecule has 3 rings (SSSR count). The first kappa shape index (κ1) is 10.9. The number of ether oxygens (including phenoxy) is 1. The fraction of sp³-hybridized carbons (Fsp3) is 0.125. The highest BCUT2D eigenvalue weighted by atomic mass is 16.5. The maximum atomic E-state index is 5.71. The zero-order chi connectivity index (χ0) is 12.2. The smallest absolute Gasteiger partial charge is 0.119 e. The van der Waals surface area contributed by atoms with Crippen molar-refractivity contribution in [1.29, 1.82) is 0 Å². The second-order valence-corrected chi connectivity index (χ2v) is 4.27. The van der Waals surface area contributed by atoms with Gasteiger partial charge in [-0.05, 0) is 23.8 Å². The Morgan fingerprint density at radius 1 is 0.889 bits per heavy atom. The first-order valence-electron chi connectivity index (χ1n) is 6.16. The molecule has 1 N–H and O–H groups in total. The van der Waals surface area contributed by atoms with Gasteiger partial charge in [0.1, 0.15) is 5.75 Å². The Morgan fingerprint density at radius 2 is 1.67 bits per heavy atom. The summed E-state index contributed by atoms with van der Waals surface area (Å²) in [5.41, 5.74) is 2.49. The van der Waals surface area contributed by atoms with E-state index in [2.05, 4.69) is 29.4 Å². The highest BCUT2D eigenvalue weighted by molar-refractivity contribution is 5.83. The van der Waals surface area contributed by atoms with Crippen molar-refractivity contribution < 1.29 is 4.74 Å². The minimum Gasteiger partial charge on any atom is -0.493 e. The van der Waals surface area contributed by atoms with Gasteiger partial charge in [-0.3, -0.25) is 0 Å². The first-order chi connectivity index (χ1) is 8.93. The first-order valence-corrected chi connectivity index (χ1v) is 6.16. The Balaban J connectivity index is 1.67. The summed E-state index contributed by atoms with van der Waals surface area (Å²) in [5, 5.41) is 1.29. The number of para-hydroxylation sites is 2. The van der Waals surface area contributed by atoms with Gasteiger partial charge in [-0.1, -0.05) is 36.4 Å². The molecule has 2 nitrogen and oxygen atoms in total. The minimum atomic E-state index is 0.700. The lowest BCUT2D eigenvalue weighted by molar-refractivity contribution is 0.322. The number of hydrogen-bond donors (Lipinski definition) is 1. The van der Waals surface area contributed by atoms with E-state index in [1.54, 1.807) is 0 Å². The SMILES string of the molecule is c1ccc(OCCc2c[nH]c3ccccc23)cc1. The molecule has 0 radical (unpaired) electrons. The lowest BCUT2D eigenvalue weighted by atomic mass is 10.1. The van der Waals surface area contributed by atoms with Crippen LogP contribution in [0.25, 0.3) is 10.9 Å². The molecular weight excluding hydrogens is 222 g/mol. The van der Waals surface area contributed by atoms with Gasteiger partial charge in [0.15, 0.2) is 0 Å². The Kier molecular flexibility index (Phi) is 3.01. The molecule has 3 aromatic rings. The number of aromatic nitrogens is 1. The number of hydrogen-bond acceptors (Lipinski definition) is 1. The lowest BCUT2D eigenvalue weighted by Crippen LogP contribution is -2.00. The molecule has 2 aromatic carbocycles. The van der Waals surface area contributed by atoms with Crippen molar-refractivity contribution in [2.75, 3.05) is 6.61 Å². The van der Waals surface area contributed by atoms with Gasteiger partial charge >= 0.3 is 0 Å². The average molecular weight is 237 g/mol. The minimum absolute atomic E-state index is 0.700. The monoisotopic (exact) mass is 237 g/mol. The van der Waals surface area contributed by atoms with Crippen LogP contribution in [-0.4, -0.2) is 11.6 Å². The molecule has 0 aliphatic rings. The Hall–Kier alpha value is -2.22. The molecule has 1 aromatic heterocycles. The highest BCUT2D eigenvalue weighted by Gasteiger charge is 2.02.